The van der Waals surface area contributed by atoms with Gasteiger partial charge in [0.1, 0.15) is 17.2 Å². The third-order valence-electron chi connectivity index (χ3n) is 2.74. The molecule has 1 heterocycles. The minimum absolute atomic E-state index is 0.0128. The summed E-state index contributed by atoms with van der Waals surface area (Å²) in [6.07, 6.45) is 0.0348. The van der Waals surface area contributed by atoms with Crippen molar-refractivity contribution < 1.29 is 23.4 Å². The summed E-state index contributed by atoms with van der Waals surface area (Å²) in [7, 11) is 0. The van der Waals surface area contributed by atoms with Crippen LogP contribution < -0.4 is 0 Å². The minimum atomic E-state index is -1.20. The number of hydrogen-bond acceptors (Lipinski definition) is 2. The SMILES string of the molecule is O=C(O)CC1(c2cc(F)ccc2F)CCO1. The van der Waals surface area contributed by atoms with Crippen LogP contribution in [0.15, 0.2) is 18.2 Å². The number of carboxylic acids is 1. The van der Waals surface area contributed by atoms with Gasteiger partial charge in [-0.1, -0.05) is 0 Å². The average molecular weight is 228 g/mol. The zero-order chi connectivity index (χ0) is 11.8. The normalized spacial score (nSPS) is 23.9. The van der Waals surface area contributed by atoms with Crippen molar-refractivity contribution >= 4 is 5.97 Å². The van der Waals surface area contributed by atoms with Crippen LogP contribution in [0.5, 0.6) is 0 Å². The Kier molecular flexibility index (Phi) is 2.63. The molecule has 1 aromatic carbocycles. The van der Waals surface area contributed by atoms with E-state index in [1.54, 1.807) is 0 Å². The molecule has 1 aliphatic heterocycles. The largest absolute Gasteiger partial charge is 0.481 e. The molecule has 0 aromatic heterocycles. The van der Waals surface area contributed by atoms with Crippen LogP contribution in [0.4, 0.5) is 8.78 Å². The highest BCUT2D eigenvalue weighted by molar-refractivity contribution is 5.69. The topological polar surface area (TPSA) is 46.5 Å². The summed E-state index contributed by atoms with van der Waals surface area (Å²) in [6.45, 7) is 0.364. The summed E-state index contributed by atoms with van der Waals surface area (Å²) in [5.74, 6) is -2.33. The highest BCUT2D eigenvalue weighted by Gasteiger charge is 2.44. The van der Waals surface area contributed by atoms with Crippen molar-refractivity contribution in [2.24, 2.45) is 0 Å². The lowest BCUT2D eigenvalue weighted by atomic mass is 9.83. The summed E-state index contributed by atoms with van der Waals surface area (Å²) in [6, 6.07) is 2.97. The molecule has 2 rings (SSSR count). The molecular weight excluding hydrogens is 218 g/mol. The van der Waals surface area contributed by atoms with E-state index in [2.05, 4.69) is 0 Å². The number of rotatable bonds is 3. The summed E-state index contributed by atoms with van der Waals surface area (Å²) in [5, 5.41) is 8.74. The number of carbonyl (C=O) groups is 1. The van der Waals surface area contributed by atoms with E-state index >= 15 is 0 Å². The molecule has 0 amide bonds. The van der Waals surface area contributed by atoms with Gasteiger partial charge >= 0.3 is 5.97 Å². The van der Waals surface area contributed by atoms with Crippen LogP contribution in [0, 0.1) is 11.6 Å². The van der Waals surface area contributed by atoms with E-state index in [0.29, 0.717) is 13.0 Å². The van der Waals surface area contributed by atoms with E-state index in [1.165, 1.54) is 0 Å². The van der Waals surface area contributed by atoms with Crippen LogP contribution in [0.25, 0.3) is 0 Å². The summed E-state index contributed by atoms with van der Waals surface area (Å²) in [5.41, 5.74) is -1.21. The molecular formula is C11H10F2O3. The Labute approximate surface area is 90.7 Å². The number of halogens is 2. The van der Waals surface area contributed by atoms with Crippen molar-refractivity contribution in [3.8, 4) is 0 Å². The van der Waals surface area contributed by atoms with Crippen molar-refractivity contribution in [3.63, 3.8) is 0 Å². The van der Waals surface area contributed by atoms with E-state index in [0.717, 1.165) is 18.2 Å². The molecule has 1 fully saturated rings. The molecule has 1 unspecified atom stereocenters. The maximum Gasteiger partial charge on any atom is 0.306 e. The van der Waals surface area contributed by atoms with Gasteiger partial charge < -0.3 is 9.84 Å². The minimum Gasteiger partial charge on any atom is -0.481 e. The Morgan fingerprint density at radius 2 is 2.19 bits per heavy atom. The van der Waals surface area contributed by atoms with Gasteiger partial charge in [-0.3, -0.25) is 4.79 Å². The summed E-state index contributed by atoms with van der Waals surface area (Å²) < 4.78 is 31.7. The first kappa shape index (κ1) is 11.0. The second-order valence-corrected chi connectivity index (χ2v) is 3.79. The van der Waals surface area contributed by atoms with Crippen molar-refractivity contribution in [2.75, 3.05) is 6.61 Å². The van der Waals surface area contributed by atoms with Crippen molar-refractivity contribution in [1.29, 1.82) is 0 Å². The van der Waals surface area contributed by atoms with Gasteiger partial charge in [0.15, 0.2) is 0 Å². The Bertz CT molecular complexity index is 427. The predicted octanol–water partition coefficient (Wildman–Crippen LogP) is 2.06. The third-order valence-corrected chi connectivity index (χ3v) is 2.74. The lowest BCUT2D eigenvalue weighted by molar-refractivity contribution is -0.177. The van der Waals surface area contributed by atoms with Crippen molar-refractivity contribution in [2.45, 2.75) is 18.4 Å². The maximum absolute atomic E-state index is 13.5. The molecule has 1 aromatic rings. The van der Waals surface area contributed by atoms with Crippen LogP contribution in [-0.4, -0.2) is 17.7 Å². The van der Waals surface area contributed by atoms with E-state index in [9.17, 15) is 13.6 Å². The van der Waals surface area contributed by atoms with Gasteiger partial charge in [-0.25, -0.2) is 8.78 Å². The van der Waals surface area contributed by atoms with E-state index in [4.69, 9.17) is 9.84 Å². The number of aliphatic carboxylic acids is 1. The lowest BCUT2D eigenvalue weighted by Crippen LogP contribution is -2.43. The maximum atomic E-state index is 13.5. The summed E-state index contributed by atoms with van der Waals surface area (Å²) >= 11 is 0. The van der Waals surface area contributed by atoms with Gasteiger partial charge in [0.25, 0.3) is 0 Å². The van der Waals surface area contributed by atoms with Gasteiger partial charge in [0.2, 0.25) is 0 Å². The number of benzene rings is 1. The standard InChI is InChI=1S/C11H10F2O3/c12-7-1-2-9(13)8(5-7)11(3-4-16-11)6-10(14)15/h1-2,5H,3-4,6H2,(H,14,15). The predicted molar refractivity (Wildman–Crippen MR) is 50.9 cm³/mol. The monoisotopic (exact) mass is 228 g/mol. The van der Waals surface area contributed by atoms with Crippen LogP contribution in [0.3, 0.4) is 0 Å². The molecule has 0 saturated carbocycles. The molecule has 86 valence electrons. The third kappa shape index (κ3) is 1.78. The zero-order valence-corrected chi connectivity index (χ0v) is 8.37. The molecule has 3 nitrogen and oxygen atoms in total. The number of hydrogen-bond donors (Lipinski definition) is 1. The van der Waals surface area contributed by atoms with Gasteiger partial charge in [-0.2, -0.15) is 0 Å². The van der Waals surface area contributed by atoms with Gasteiger partial charge in [0.05, 0.1) is 13.0 Å². The average Bonchev–Trinajstić information content (AvgIpc) is 2.15. The molecule has 0 bridgehead atoms. The first-order valence-electron chi connectivity index (χ1n) is 4.85. The first-order valence-corrected chi connectivity index (χ1v) is 4.85. The van der Waals surface area contributed by atoms with Crippen molar-refractivity contribution in [3.05, 3.63) is 35.4 Å². The molecule has 1 N–H and O–H groups in total. The molecule has 1 saturated heterocycles. The smallest absolute Gasteiger partial charge is 0.306 e. The fourth-order valence-corrected chi connectivity index (χ4v) is 1.89. The van der Waals surface area contributed by atoms with E-state index in [-0.39, 0.29) is 12.0 Å². The van der Waals surface area contributed by atoms with Gasteiger partial charge in [-0.15, -0.1) is 0 Å². The van der Waals surface area contributed by atoms with Crippen LogP contribution in [-0.2, 0) is 15.1 Å². The van der Waals surface area contributed by atoms with Crippen LogP contribution in [0.2, 0.25) is 0 Å². The van der Waals surface area contributed by atoms with E-state index in [1.807, 2.05) is 0 Å². The van der Waals surface area contributed by atoms with Gasteiger partial charge in [0, 0.05) is 12.0 Å². The molecule has 0 aliphatic carbocycles. The molecule has 1 aliphatic rings. The fraction of sp³-hybridized carbons (Fsp3) is 0.364. The van der Waals surface area contributed by atoms with Gasteiger partial charge in [-0.05, 0) is 18.2 Å². The Hall–Kier alpha value is -1.49. The molecule has 1 atom stereocenters. The van der Waals surface area contributed by atoms with Crippen LogP contribution in [0.1, 0.15) is 18.4 Å². The highest BCUT2D eigenvalue weighted by atomic mass is 19.1. The molecule has 0 radical (unpaired) electrons. The quantitative estimate of drug-likeness (QED) is 0.861. The molecule has 5 heteroatoms. The Balaban J connectivity index is 2.39. The second kappa shape index (κ2) is 3.83. The van der Waals surface area contributed by atoms with E-state index < -0.39 is 23.2 Å². The summed E-state index contributed by atoms with van der Waals surface area (Å²) in [4.78, 5) is 10.7. The van der Waals surface area contributed by atoms with Crippen molar-refractivity contribution in [1.82, 2.24) is 0 Å². The molecule has 16 heavy (non-hydrogen) atoms. The second-order valence-electron chi connectivity index (χ2n) is 3.79. The number of carboxylic acid groups (broad SMARTS) is 1. The highest BCUT2D eigenvalue weighted by Crippen LogP contribution is 2.41. The fourth-order valence-electron chi connectivity index (χ4n) is 1.89. The Morgan fingerprint density at radius 1 is 1.50 bits per heavy atom. The molecule has 0 spiro atoms. The number of ether oxygens (including phenoxy) is 1. The lowest BCUT2D eigenvalue weighted by Gasteiger charge is -2.41. The Morgan fingerprint density at radius 3 is 2.69 bits per heavy atom. The first-order chi connectivity index (χ1) is 7.53. The van der Waals surface area contributed by atoms with Crippen LogP contribution >= 0.6 is 0 Å². The zero-order valence-electron chi connectivity index (χ0n) is 8.37.